The Morgan fingerprint density at radius 1 is 1.60 bits per heavy atom. The van der Waals surface area contributed by atoms with Crippen LogP contribution in [0.15, 0.2) is 6.20 Å². The minimum absolute atomic E-state index is 0.0311. The largest absolute Gasteiger partial charge is 0.381 e. The van der Waals surface area contributed by atoms with Gasteiger partial charge in [0, 0.05) is 31.8 Å². The van der Waals surface area contributed by atoms with Crippen molar-refractivity contribution in [3.05, 3.63) is 17.5 Å². The zero-order valence-corrected chi connectivity index (χ0v) is 12.3. The molecule has 0 spiro atoms. The van der Waals surface area contributed by atoms with Crippen molar-refractivity contribution in [3.8, 4) is 0 Å². The Morgan fingerprint density at radius 2 is 2.45 bits per heavy atom. The van der Waals surface area contributed by atoms with Gasteiger partial charge in [-0.3, -0.25) is 9.48 Å². The fourth-order valence-electron chi connectivity index (χ4n) is 3.09. The molecule has 110 valence electrons. The number of nitrogens with one attached hydrogen (secondary N) is 1. The quantitative estimate of drug-likeness (QED) is 0.893. The molecule has 3 rings (SSSR count). The first-order valence-electron chi connectivity index (χ1n) is 7.61. The molecule has 0 bridgehead atoms. The first-order valence-corrected chi connectivity index (χ1v) is 7.61. The van der Waals surface area contributed by atoms with E-state index in [1.165, 1.54) is 12.8 Å². The van der Waals surface area contributed by atoms with E-state index in [4.69, 9.17) is 4.74 Å². The number of aryl methyl sites for hydroxylation is 1. The van der Waals surface area contributed by atoms with Crippen molar-refractivity contribution >= 4 is 5.91 Å². The Hall–Kier alpha value is -1.36. The van der Waals surface area contributed by atoms with Gasteiger partial charge in [0.1, 0.15) is 0 Å². The minimum Gasteiger partial charge on any atom is -0.381 e. The molecule has 2 heterocycles. The fourth-order valence-corrected chi connectivity index (χ4v) is 3.09. The van der Waals surface area contributed by atoms with Crippen molar-refractivity contribution in [2.75, 3.05) is 13.2 Å². The maximum atomic E-state index is 12.4. The summed E-state index contributed by atoms with van der Waals surface area (Å²) < 4.78 is 7.15. The van der Waals surface area contributed by atoms with Crippen molar-refractivity contribution < 1.29 is 9.53 Å². The lowest BCUT2D eigenvalue weighted by molar-refractivity contribution is 0.0947. The molecule has 1 N–H and O–H groups in total. The molecule has 1 aliphatic heterocycles. The van der Waals surface area contributed by atoms with E-state index in [0.29, 0.717) is 18.6 Å². The first kappa shape index (κ1) is 13.6. The Balaban J connectivity index is 1.68. The van der Waals surface area contributed by atoms with Crippen LogP contribution in [0.3, 0.4) is 0 Å². The monoisotopic (exact) mass is 277 g/mol. The van der Waals surface area contributed by atoms with Gasteiger partial charge in [-0.1, -0.05) is 13.3 Å². The van der Waals surface area contributed by atoms with E-state index >= 15 is 0 Å². The molecule has 0 aromatic carbocycles. The summed E-state index contributed by atoms with van der Waals surface area (Å²) >= 11 is 0. The van der Waals surface area contributed by atoms with E-state index in [2.05, 4.69) is 17.3 Å². The number of amides is 1. The Labute approximate surface area is 119 Å². The Morgan fingerprint density at radius 3 is 3.15 bits per heavy atom. The number of aromatic nitrogens is 2. The zero-order chi connectivity index (χ0) is 14.1. The third-order valence-corrected chi connectivity index (χ3v) is 4.32. The molecule has 20 heavy (non-hydrogen) atoms. The average Bonchev–Trinajstić information content (AvgIpc) is 2.84. The highest BCUT2D eigenvalue weighted by Crippen LogP contribution is 2.35. The highest BCUT2D eigenvalue weighted by Gasteiger charge is 2.38. The van der Waals surface area contributed by atoms with Crippen molar-refractivity contribution in [1.29, 1.82) is 0 Å². The molecule has 3 atom stereocenters. The van der Waals surface area contributed by atoms with E-state index in [1.54, 1.807) is 4.68 Å². The molecular formula is C15H23N3O2. The normalized spacial score (nSPS) is 28.6. The lowest BCUT2D eigenvalue weighted by Crippen LogP contribution is -2.27. The average molecular weight is 277 g/mol. The highest BCUT2D eigenvalue weighted by molar-refractivity contribution is 5.95. The Kier molecular flexibility index (Phi) is 3.78. The molecular weight excluding hydrogens is 254 g/mol. The molecule has 1 amide bonds. The van der Waals surface area contributed by atoms with Crippen LogP contribution in [-0.2, 0) is 11.8 Å². The number of carbonyl (C=O) groups excluding carboxylic acids is 1. The molecule has 1 aromatic heterocycles. The molecule has 0 unspecified atom stereocenters. The predicted octanol–water partition coefficient (Wildman–Crippen LogP) is 1.84. The summed E-state index contributed by atoms with van der Waals surface area (Å²) in [5.41, 5.74) is 1.63. The third kappa shape index (κ3) is 2.73. The smallest absolute Gasteiger partial charge is 0.254 e. The van der Waals surface area contributed by atoms with E-state index < -0.39 is 0 Å². The van der Waals surface area contributed by atoms with Crippen LogP contribution in [0.1, 0.15) is 54.6 Å². The van der Waals surface area contributed by atoms with Gasteiger partial charge in [0.15, 0.2) is 0 Å². The SMILES string of the molecule is CCC[C@@H]1C[C@H]1NC(=O)c1cn(C)nc1[C@@H]1CCOC1. The molecule has 5 nitrogen and oxygen atoms in total. The van der Waals surface area contributed by atoms with Crippen molar-refractivity contribution in [1.82, 2.24) is 15.1 Å². The number of nitrogens with zero attached hydrogens (tertiary/aromatic N) is 2. The second kappa shape index (κ2) is 5.56. The summed E-state index contributed by atoms with van der Waals surface area (Å²) in [4.78, 5) is 12.4. The van der Waals surface area contributed by atoms with Crippen LogP contribution in [0.25, 0.3) is 0 Å². The number of hydrogen-bond donors (Lipinski definition) is 1. The van der Waals surface area contributed by atoms with Gasteiger partial charge in [-0.25, -0.2) is 0 Å². The summed E-state index contributed by atoms with van der Waals surface area (Å²) in [7, 11) is 1.87. The molecule has 0 radical (unpaired) electrons. The van der Waals surface area contributed by atoms with Crippen LogP contribution < -0.4 is 5.32 Å². The number of ether oxygens (including phenoxy) is 1. The van der Waals surface area contributed by atoms with E-state index in [-0.39, 0.29) is 11.8 Å². The second-order valence-electron chi connectivity index (χ2n) is 6.03. The standard InChI is InChI=1S/C15H23N3O2/c1-3-4-10-7-13(10)16-15(19)12-8-18(2)17-14(12)11-5-6-20-9-11/h8,10-11,13H,3-7,9H2,1-2H3,(H,16,19)/t10-,11-,13-/m1/s1. The van der Waals surface area contributed by atoms with E-state index in [0.717, 1.165) is 30.7 Å². The zero-order valence-electron chi connectivity index (χ0n) is 12.3. The van der Waals surface area contributed by atoms with Gasteiger partial charge in [0.25, 0.3) is 5.91 Å². The molecule has 1 aromatic rings. The maximum absolute atomic E-state index is 12.4. The fraction of sp³-hybridized carbons (Fsp3) is 0.733. The summed E-state index contributed by atoms with van der Waals surface area (Å²) in [6.45, 7) is 3.64. The molecule has 1 saturated heterocycles. The van der Waals surface area contributed by atoms with Gasteiger partial charge in [0.05, 0.1) is 17.9 Å². The molecule has 1 aliphatic carbocycles. The summed E-state index contributed by atoms with van der Waals surface area (Å²) in [6.07, 6.45) is 6.32. The molecule has 5 heteroatoms. The third-order valence-electron chi connectivity index (χ3n) is 4.32. The first-order chi connectivity index (χ1) is 9.69. The van der Waals surface area contributed by atoms with Crippen molar-refractivity contribution in [3.63, 3.8) is 0 Å². The minimum atomic E-state index is 0.0311. The second-order valence-corrected chi connectivity index (χ2v) is 6.03. The van der Waals surface area contributed by atoms with Crippen LogP contribution in [-0.4, -0.2) is 34.9 Å². The maximum Gasteiger partial charge on any atom is 0.254 e. The van der Waals surface area contributed by atoms with Gasteiger partial charge < -0.3 is 10.1 Å². The van der Waals surface area contributed by atoms with Crippen LogP contribution in [0.5, 0.6) is 0 Å². The number of rotatable bonds is 5. The topological polar surface area (TPSA) is 56.2 Å². The van der Waals surface area contributed by atoms with Crippen molar-refractivity contribution in [2.45, 2.75) is 44.6 Å². The van der Waals surface area contributed by atoms with Crippen LogP contribution in [0.2, 0.25) is 0 Å². The lowest BCUT2D eigenvalue weighted by Gasteiger charge is -2.08. The Bertz CT molecular complexity index is 491. The number of carbonyl (C=O) groups is 1. The molecule has 2 aliphatic rings. The number of hydrogen-bond acceptors (Lipinski definition) is 3. The predicted molar refractivity (Wildman–Crippen MR) is 75.7 cm³/mol. The highest BCUT2D eigenvalue weighted by atomic mass is 16.5. The summed E-state index contributed by atoms with van der Waals surface area (Å²) in [5, 5.41) is 7.62. The van der Waals surface area contributed by atoms with Gasteiger partial charge >= 0.3 is 0 Å². The van der Waals surface area contributed by atoms with Crippen LogP contribution >= 0.6 is 0 Å². The van der Waals surface area contributed by atoms with Crippen LogP contribution in [0, 0.1) is 5.92 Å². The van der Waals surface area contributed by atoms with E-state index in [1.807, 2.05) is 13.2 Å². The molecule has 2 fully saturated rings. The van der Waals surface area contributed by atoms with Crippen LogP contribution in [0.4, 0.5) is 0 Å². The van der Waals surface area contributed by atoms with Crippen molar-refractivity contribution in [2.24, 2.45) is 13.0 Å². The van der Waals surface area contributed by atoms with Gasteiger partial charge in [-0.2, -0.15) is 5.10 Å². The van der Waals surface area contributed by atoms with Gasteiger partial charge in [0.2, 0.25) is 0 Å². The van der Waals surface area contributed by atoms with Gasteiger partial charge in [-0.15, -0.1) is 0 Å². The summed E-state index contributed by atoms with van der Waals surface area (Å²) in [6, 6.07) is 0.371. The lowest BCUT2D eigenvalue weighted by atomic mass is 10.0. The molecule has 1 saturated carbocycles. The summed E-state index contributed by atoms with van der Waals surface area (Å²) in [5.74, 6) is 0.977. The van der Waals surface area contributed by atoms with Gasteiger partial charge in [-0.05, 0) is 25.2 Å². The van der Waals surface area contributed by atoms with E-state index in [9.17, 15) is 4.79 Å².